The van der Waals surface area contributed by atoms with E-state index in [1.807, 2.05) is 18.3 Å². The molecule has 0 atom stereocenters. The molecule has 0 amide bonds. The highest BCUT2D eigenvalue weighted by molar-refractivity contribution is 5.91. The summed E-state index contributed by atoms with van der Waals surface area (Å²) in [5, 5.41) is 0. The number of unbranched alkanes of at least 4 members (excludes halogenated alkanes) is 2. The molecule has 0 aliphatic carbocycles. The number of hydrogen-bond acceptors (Lipinski definition) is 4. The molecule has 0 fully saturated rings. The molecule has 0 saturated carbocycles. The summed E-state index contributed by atoms with van der Waals surface area (Å²) in [6, 6.07) is 6.10. The Morgan fingerprint density at radius 3 is 2.45 bits per heavy atom. The van der Waals surface area contributed by atoms with Crippen LogP contribution in [-0.4, -0.2) is 20.7 Å². The molecular weight excluding hydrogens is 250 g/mol. The Morgan fingerprint density at radius 2 is 1.95 bits per heavy atom. The van der Waals surface area contributed by atoms with Gasteiger partial charge < -0.3 is 0 Å². The van der Waals surface area contributed by atoms with E-state index in [9.17, 15) is 4.79 Å². The molecule has 4 heteroatoms. The van der Waals surface area contributed by atoms with Crippen molar-refractivity contribution in [2.45, 2.75) is 39.5 Å². The maximum Gasteiger partial charge on any atom is 0.179 e. The first kappa shape index (κ1) is 16.0. The highest BCUT2D eigenvalue weighted by Crippen LogP contribution is 2.02. The van der Waals surface area contributed by atoms with E-state index in [1.54, 1.807) is 0 Å². The molecule has 4 nitrogen and oxygen atoms in total. The normalized spacial score (nSPS) is 9.50. The number of rotatable bonds is 5. The third kappa shape index (κ3) is 6.73. The van der Waals surface area contributed by atoms with Crippen LogP contribution in [0.1, 0.15) is 49.3 Å². The number of carbonyl (C=O) groups excluding carboxylic acids is 1. The van der Waals surface area contributed by atoms with Crippen molar-refractivity contribution >= 4 is 5.78 Å². The molecule has 2 heterocycles. The molecule has 0 aliphatic rings. The highest BCUT2D eigenvalue weighted by Gasteiger charge is 1.96. The van der Waals surface area contributed by atoms with Gasteiger partial charge in [0.15, 0.2) is 5.78 Å². The smallest absolute Gasteiger partial charge is 0.179 e. The largest absolute Gasteiger partial charge is 0.293 e. The minimum absolute atomic E-state index is 0.0527. The first-order valence-electron chi connectivity index (χ1n) is 6.91. The predicted octanol–water partition coefficient (Wildman–Crippen LogP) is 3.49. The Balaban J connectivity index is 0.000000204. The van der Waals surface area contributed by atoms with Crippen LogP contribution in [0.25, 0.3) is 0 Å². The van der Waals surface area contributed by atoms with Crippen molar-refractivity contribution in [2.24, 2.45) is 0 Å². The average Bonchev–Trinajstić information content (AvgIpc) is 2.50. The number of ketones is 1. The van der Waals surface area contributed by atoms with Crippen LogP contribution in [0.15, 0.2) is 43.0 Å². The standard InChI is InChI=1S/C10H15N.C6H6N2O/c1-2-3-4-7-10-8-5-6-9-11-10;1-5(9)6-4-7-2-3-8-6/h5-6,8-9H,2-4,7H2,1H3;2-4H,1H3. The van der Waals surface area contributed by atoms with Gasteiger partial charge in [0.25, 0.3) is 0 Å². The second-order valence-electron chi connectivity index (χ2n) is 4.43. The monoisotopic (exact) mass is 271 g/mol. The number of pyridine rings is 1. The van der Waals surface area contributed by atoms with Crippen LogP contribution in [-0.2, 0) is 6.42 Å². The zero-order chi connectivity index (χ0) is 14.6. The van der Waals surface area contributed by atoms with Gasteiger partial charge in [0.1, 0.15) is 5.69 Å². The van der Waals surface area contributed by atoms with Gasteiger partial charge in [-0.15, -0.1) is 0 Å². The molecule has 2 aromatic rings. The lowest BCUT2D eigenvalue weighted by Gasteiger charge is -1.97. The van der Waals surface area contributed by atoms with Crippen molar-refractivity contribution in [2.75, 3.05) is 0 Å². The summed E-state index contributed by atoms with van der Waals surface area (Å²) in [5.41, 5.74) is 1.64. The minimum atomic E-state index is -0.0527. The molecule has 0 aromatic carbocycles. The Hall–Kier alpha value is -2.10. The van der Waals surface area contributed by atoms with E-state index >= 15 is 0 Å². The van der Waals surface area contributed by atoms with Gasteiger partial charge >= 0.3 is 0 Å². The Labute approximate surface area is 120 Å². The average molecular weight is 271 g/mol. The van der Waals surface area contributed by atoms with Gasteiger partial charge in [-0.2, -0.15) is 0 Å². The quantitative estimate of drug-likeness (QED) is 0.617. The zero-order valence-electron chi connectivity index (χ0n) is 12.1. The fourth-order valence-corrected chi connectivity index (χ4v) is 1.58. The summed E-state index contributed by atoms with van der Waals surface area (Å²) in [5.74, 6) is -0.0527. The molecule has 0 bridgehead atoms. The van der Waals surface area contributed by atoms with E-state index in [4.69, 9.17) is 0 Å². The van der Waals surface area contributed by atoms with E-state index in [1.165, 1.54) is 50.5 Å². The highest BCUT2D eigenvalue weighted by atomic mass is 16.1. The van der Waals surface area contributed by atoms with Crippen LogP contribution in [0.3, 0.4) is 0 Å². The maximum absolute atomic E-state index is 10.5. The van der Waals surface area contributed by atoms with Crippen molar-refractivity contribution in [1.82, 2.24) is 15.0 Å². The predicted molar refractivity (Wildman–Crippen MR) is 79.5 cm³/mol. The molecular formula is C16H21N3O. The topological polar surface area (TPSA) is 55.7 Å². The molecule has 2 aromatic heterocycles. The van der Waals surface area contributed by atoms with E-state index < -0.39 is 0 Å². The summed E-state index contributed by atoms with van der Waals surface area (Å²) < 4.78 is 0. The number of nitrogens with zero attached hydrogens (tertiary/aromatic N) is 3. The third-order valence-corrected chi connectivity index (χ3v) is 2.69. The molecule has 0 N–H and O–H groups in total. The summed E-state index contributed by atoms with van der Waals surface area (Å²) >= 11 is 0. The zero-order valence-corrected chi connectivity index (χ0v) is 12.1. The van der Waals surface area contributed by atoms with Gasteiger partial charge in [-0.05, 0) is 25.0 Å². The van der Waals surface area contributed by atoms with E-state index in [0.29, 0.717) is 5.69 Å². The minimum Gasteiger partial charge on any atom is -0.293 e. The number of aryl methyl sites for hydroxylation is 1. The molecule has 0 unspecified atom stereocenters. The molecule has 0 radical (unpaired) electrons. The lowest BCUT2D eigenvalue weighted by Crippen LogP contribution is -1.95. The summed E-state index contributed by atoms with van der Waals surface area (Å²) in [6.45, 7) is 3.68. The van der Waals surface area contributed by atoms with Crippen LogP contribution in [0.4, 0.5) is 0 Å². The van der Waals surface area contributed by atoms with E-state index in [-0.39, 0.29) is 5.78 Å². The third-order valence-electron chi connectivity index (χ3n) is 2.69. The van der Waals surface area contributed by atoms with Crippen LogP contribution in [0.5, 0.6) is 0 Å². The van der Waals surface area contributed by atoms with E-state index in [0.717, 1.165) is 6.42 Å². The second kappa shape index (κ2) is 9.78. The summed E-state index contributed by atoms with van der Waals surface area (Å²) in [6.07, 6.45) is 11.3. The van der Waals surface area contributed by atoms with Gasteiger partial charge in [0, 0.05) is 31.2 Å². The first-order chi connectivity index (χ1) is 9.74. The van der Waals surface area contributed by atoms with Crippen LogP contribution >= 0.6 is 0 Å². The Kier molecular flexibility index (Phi) is 7.80. The molecule has 0 saturated heterocycles. The molecule has 2 rings (SSSR count). The van der Waals surface area contributed by atoms with Crippen LogP contribution < -0.4 is 0 Å². The summed E-state index contributed by atoms with van der Waals surface area (Å²) in [4.78, 5) is 22.3. The van der Waals surface area contributed by atoms with E-state index in [2.05, 4.69) is 27.9 Å². The number of carbonyl (C=O) groups is 1. The summed E-state index contributed by atoms with van der Waals surface area (Å²) in [7, 11) is 0. The number of aromatic nitrogens is 3. The first-order valence-corrected chi connectivity index (χ1v) is 6.91. The van der Waals surface area contributed by atoms with Crippen LogP contribution in [0, 0.1) is 0 Å². The van der Waals surface area contributed by atoms with Gasteiger partial charge in [0.2, 0.25) is 0 Å². The fraction of sp³-hybridized carbons (Fsp3) is 0.375. The Morgan fingerprint density at radius 1 is 1.10 bits per heavy atom. The molecule has 106 valence electrons. The van der Waals surface area contributed by atoms with Crippen molar-refractivity contribution in [1.29, 1.82) is 0 Å². The fourth-order valence-electron chi connectivity index (χ4n) is 1.58. The number of Topliss-reactive ketones (excluding diaryl/α,β-unsaturated/α-hetero) is 1. The lowest BCUT2D eigenvalue weighted by molar-refractivity contribution is 0.101. The van der Waals surface area contributed by atoms with Crippen molar-refractivity contribution in [3.8, 4) is 0 Å². The van der Waals surface area contributed by atoms with Gasteiger partial charge in [-0.1, -0.05) is 25.8 Å². The van der Waals surface area contributed by atoms with Gasteiger partial charge in [-0.25, -0.2) is 4.98 Å². The second-order valence-corrected chi connectivity index (χ2v) is 4.43. The molecule has 0 spiro atoms. The molecule has 0 aliphatic heterocycles. The Bertz CT molecular complexity index is 486. The lowest BCUT2D eigenvalue weighted by atomic mass is 10.1. The SMILES string of the molecule is CC(=O)c1cnccn1.CCCCCc1ccccn1. The van der Waals surface area contributed by atoms with Gasteiger partial charge in [0.05, 0.1) is 6.20 Å². The van der Waals surface area contributed by atoms with Crippen LogP contribution in [0.2, 0.25) is 0 Å². The van der Waals surface area contributed by atoms with Crippen molar-refractivity contribution in [3.05, 3.63) is 54.4 Å². The number of hydrogen-bond donors (Lipinski definition) is 0. The van der Waals surface area contributed by atoms with Crippen molar-refractivity contribution in [3.63, 3.8) is 0 Å². The maximum atomic E-state index is 10.5. The van der Waals surface area contributed by atoms with Crippen molar-refractivity contribution < 1.29 is 4.79 Å². The molecule has 20 heavy (non-hydrogen) atoms. The van der Waals surface area contributed by atoms with Gasteiger partial charge in [-0.3, -0.25) is 14.8 Å².